The first-order chi connectivity index (χ1) is 19.3. The summed E-state index contributed by atoms with van der Waals surface area (Å²) >= 11 is 0. The van der Waals surface area contributed by atoms with Gasteiger partial charge in [-0.1, -0.05) is 0 Å². The number of hydrogen-bond acceptors (Lipinski definition) is 9. The van der Waals surface area contributed by atoms with Gasteiger partial charge in [-0.05, 0) is 72.3 Å². The maximum Gasteiger partial charge on any atom is 0.329 e. The number of aliphatic carboxylic acids is 1. The van der Waals surface area contributed by atoms with Crippen LogP contribution in [0.4, 0.5) is 0 Å². The van der Waals surface area contributed by atoms with E-state index in [2.05, 4.69) is 35.5 Å². The molecule has 10 nitrogen and oxygen atoms in total. The van der Waals surface area contributed by atoms with Gasteiger partial charge in [0, 0.05) is 49.8 Å². The topological polar surface area (TPSA) is 93.2 Å². The molecule has 0 aromatic rings. The summed E-state index contributed by atoms with van der Waals surface area (Å²) in [6.07, 6.45) is 8.06. The number of hydrogen-bond donors (Lipinski definition) is 1. The molecule has 0 aromatic carbocycles. The zero-order chi connectivity index (χ0) is 28.2. The summed E-state index contributed by atoms with van der Waals surface area (Å²) in [4.78, 5) is 18.7. The van der Waals surface area contributed by atoms with E-state index in [-0.39, 0.29) is 36.0 Å². The third kappa shape index (κ3) is 7.37. The van der Waals surface area contributed by atoms with Crippen LogP contribution in [0.15, 0.2) is 0 Å². The predicted molar refractivity (Wildman–Crippen MR) is 151 cm³/mol. The quantitative estimate of drug-likeness (QED) is 0.318. The Kier molecular flexibility index (Phi) is 10.4. The summed E-state index contributed by atoms with van der Waals surface area (Å²) in [5, 5.41) is 9.12. The zero-order valence-electron chi connectivity index (χ0n) is 25.1. The molecule has 0 radical (unpaired) electrons. The summed E-state index contributed by atoms with van der Waals surface area (Å²) in [7, 11) is 0. The van der Waals surface area contributed by atoms with E-state index in [9.17, 15) is 4.79 Å². The number of carboxylic acid groups (broad SMARTS) is 1. The van der Waals surface area contributed by atoms with Gasteiger partial charge in [-0.15, -0.1) is 0 Å². The number of morpholine rings is 1. The summed E-state index contributed by atoms with van der Waals surface area (Å²) in [6.45, 7) is 16.0. The highest BCUT2D eigenvalue weighted by atomic mass is 16.5. The van der Waals surface area contributed by atoms with Crippen LogP contribution in [0.1, 0.15) is 65.7 Å². The van der Waals surface area contributed by atoms with Crippen molar-refractivity contribution >= 4 is 5.97 Å². The standard InChI is InChI=1S/C30H53N3O7/c1-23(2)39-22-30-7-5-25(33(30)19-27(17-30)38-20-28(34)35)15-24(3)40-21-29-6-4-8-32(29)18-26(16-29)37-14-11-31-9-12-36-13-10-31/h23-27H,4-22H2,1-3H3,(H,34,35). The Labute approximate surface area is 240 Å². The van der Waals surface area contributed by atoms with E-state index in [1.807, 2.05) is 0 Å². The summed E-state index contributed by atoms with van der Waals surface area (Å²) in [6, 6.07) is 0.404. The third-order valence-corrected chi connectivity index (χ3v) is 10.0. The third-order valence-electron chi connectivity index (χ3n) is 10.0. The second-order valence-corrected chi connectivity index (χ2v) is 13.2. The molecule has 0 aromatic heterocycles. The second kappa shape index (κ2) is 13.6. The largest absolute Gasteiger partial charge is 0.480 e. The van der Waals surface area contributed by atoms with E-state index >= 15 is 0 Å². The second-order valence-electron chi connectivity index (χ2n) is 13.2. The van der Waals surface area contributed by atoms with Gasteiger partial charge in [0.15, 0.2) is 0 Å². The fourth-order valence-corrected chi connectivity index (χ4v) is 7.97. The molecule has 0 saturated carbocycles. The van der Waals surface area contributed by atoms with Crippen molar-refractivity contribution < 1.29 is 33.6 Å². The number of nitrogens with zero attached hydrogens (tertiary/aromatic N) is 3. The molecule has 5 aliphatic rings. The van der Waals surface area contributed by atoms with Crippen LogP contribution in [0.25, 0.3) is 0 Å². The maximum absolute atomic E-state index is 11.1. The predicted octanol–water partition coefficient (Wildman–Crippen LogP) is 2.24. The minimum absolute atomic E-state index is 0.0595. The van der Waals surface area contributed by atoms with E-state index < -0.39 is 5.97 Å². The van der Waals surface area contributed by atoms with Crippen LogP contribution in [0, 0.1) is 0 Å². The molecule has 40 heavy (non-hydrogen) atoms. The van der Waals surface area contributed by atoms with Crippen LogP contribution >= 0.6 is 0 Å². The van der Waals surface area contributed by atoms with Crippen molar-refractivity contribution in [3.05, 3.63) is 0 Å². The van der Waals surface area contributed by atoms with Gasteiger partial charge in [-0.2, -0.15) is 0 Å². The molecule has 6 atom stereocenters. The molecule has 5 fully saturated rings. The normalized spacial score (nSPS) is 36.0. The lowest BCUT2D eigenvalue weighted by atomic mass is 9.94. The lowest BCUT2D eigenvalue weighted by Crippen LogP contribution is -2.47. The monoisotopic (exact) mass is 567 g/mol. The van der Waals surface area contributed by atoms with Crippen molar-refractivity contribution in [1.82, 2.24) is 14.7 Å². The highest BCUT2D eigenvalue weighted by Crippen LogP contribution is 2.45. The first-order valence-electron chi connectivity index (χ1n) is 15.8. The van der Waals surface area contributed by atoms with Crippen molar-refractivity contribution in [2.45, 2.75) is 107 Å². The highest BCUT2D eigenvalue weighted by Gasteiger charge is 2.54. The molecular formula is C30H53N3O7. The fourth-order valence-electron chi connectivity index (χ4n) is 7.97. The average Bonchev–Trinajstić information content (AvgIpc) is 3.65. The van der Waals surface area contributed by atoms with Crippen molar-refractivity contribution in [3.8, 4) is 0 Å². The van der Waals surface area contributed by atoms with Crippen molar-refractivity contribution in [3.63, 3.8) is 0 Å². The zero-order valence-corrected chi connectivity index (χ0v) is 25.1. The molecule has 5 aliphatic heterocycles. The minimum Gasteiger partial charge on any atom is -0.480 e. The summed E-state index contributed by atoms with van der Waals surface area (Å²) in [5.41, 5.74) is 0.0574. The smallest absolute Gasteiger partial charge is 0.329 e. The van der Waals surface area contributed by atoms with Crippen LogP contribution < -0.4 is 0 Å². The molecule has 0 bridgehead atoms. The van der Waals surface area contributed by atoms with Gasteiger partial charge >= 0.3 is 5.97 Å². The lowest BCUT2D eigenvalue weighted by molar-refractivity contribution is -0.144. The number of carboxylic acids is 1. The Balaban J connectivity index is 1.10. The first kappa shape index (κ1) is 30.6. The molecule has 10 heteroatoms. The molecule has 5 rings (SSSR count). The number of ether oxygens (including phenoxy) is 5. The molecule has 0 spiro atoms. The molecule has 230 valence electrons. The van der Waals surface area contributed by atoms with Gasteiger partial charge in [0.05, 0.1) is 57.5 Å². The van der Waals surface area contributed by atoms with E-state index in [4.69, 9.17) is 28.8 Å². The van der Waals surface area contributed by atoms with Gasteiger partial charge in [0.2, 0.25) is 0 Å². The van der Waals surface area contributed by atoms with Gasteiger partial charge in [0.1, 0.15) is 6.61 Å². The van der Waals surface area contributed by atoms with Crippen LogP contribution in [0.5, 0.6) is 0 Å². The fraction of sp³-hybridized carbons (Fsp3) is 0.967. The van der Waals surface area contributed by atoms with Crippen molar-refractivity contribution in [1.29, 1.82) is 0 Å². The summed E-state index contributed by atoms with van der Waals surface area (Å²) < 4.78 is 30.4. The van der Waals surface area contributed by atoms with Crippen LogP contribution in [-0.4, -0.2) is 146 Å². The van der Waals surface area contributed by atoms with Gasteiger partial charge in [-0.25, -0.2) is 4.79 Å². The molecule has 0 amide bonds. The van der Waals surface area contributed by atoms with E-state index in [1.165, 1.54) is 12.8 Å². The van der Waals surface area contributed by atoms with Crippen molar-refractivity contribution in [2.75, 3.05) is 78.9 Å². The summed E-state index contributed by atoms with van der Waals surface area (Å²) in [5.74, 6) is -0.907. The van der Waals surface area contributed by atoms with Gasteiger partial charge < -0.3 is 28.8 Å². The molecular weight excluding hydrogens is 514 g/mol. The van der Waals surface area contributed by atoms with Crippen molar-refractivity contribution in [2.24, 2.45) is 0 Å². The van der Waals surface area contributed by atoms with Gasteiger partial charge in [0.25, 0.3) is 0 Å². The molecule has 1 N–H and O–H groups in total. The first-order valence-corrected chi connectivity index (χ1v) is 15.8. The minimum atomic E-state index is -0.907. The Bertz CT molecular complexity index is 827. The number of rotatable bonds is 15. The average molecular weight is 568 g/mol. The Morgan fingerprint density at radius 2 is 1.73 bits per heavy atom. The lowest BCUT2D eigenvalue weighted by Gasteiger charge is -2.36. The molecule has 0 aliphatic carbocycles. The van der Waals surface area contributed by atoms with Crippen LogP contribution in [-0.2, 0) is 28.5 Å². The highest BCUT2D eigenvalue weighted by molar-refractivity contribution is 5.68. The Hall–Kier alpha value is -0.850. The van der Waals surface area contributed by atoms with Gasteiger partial charge in [-0.3, -0.25) is 14.7 Å². The van der Waals surface area contributed by atoms with E-state index in [1.54, 1.807) is 0 Å². The molecule has 5 heterocycles. The number of carbonyl (C=O) groups is 1. The van der Waals surface area contributed by atoms with Crippen LogP contribution in [0.3, 0.4) is 0 Å². The number of fused-ring (bicyclic) bond motifs is 2. The SMILES string of the molecule is CC(C)OCC12CCC(CC(C)OCC34CCCN3CC(OCCN3CCOCC3)C4)N1CC(OCC(=O)O)C2. The Morgan fingerprint density at radius 3 is 2.50 bits per heavy atom. The molecule has 5 saturated heterocycles. The Morgan fingerprint density at radius 1 is 0.975 bits per heavy atom. The maximum atomic E-state index is 11.1. The van der Waals surface area contributed by atoms with E-state index in [0.717, 1.165) is 97.8 Å². The van der Waals surface area contributed by atoms with Crippen LogP contribution in [0.2, 0.25) is 0 Å². The molecule has 6 unspecified atom stereocenters. The van der Waals surface area contributed by atoms with E-state index in [0.29, 0.717) is 18.8 Å².